The zero-order chi connectivity index (χ0) is 10.7. The highest BCUT2D eigenvalue weighted by atomic mass is 16.1. The van der Waals surface area contributed by atoms with Crippen molar-refractivity contribution in [3.05, 3.63) is 0 Å². The van der Waals surface area contributed by atoms with Crippen LogP contribution in [0.4, 0.5) is 0 Å². The molecule has 0 bridgehead atoms. The SMILES string of the molecule is CC1(C(=O)CC2CCCC2)CCCCN1. The summed E-state index contributed by atoms with van der Waals surface area (Å²) in [5.74, 6) is 1.16. The Morgan fingerprint density at radius 2 is 2.00 bits per heavy atom. The van der Waals surface area contributed by atoms with Crippen LogP contribution in [0.5, 0.6) is 0 Å². The van der Waals surface area contributed by atoms with Crippen LogP contribution in [0.25, 0.3) is 0 Å². The van der Waals surface area contributed by atoms with Crippen molar-refractivity contribution >= 4 is 5.78 Å². The molecule has 1 saturated carbocycles. The molecule has 1 unspecified atom stereocenters. The Balaban J connectivity index is 1.87. The first-order chi connectivity index (χ1) is 7.21. The molecule has 0 aromatic heterocycles. The van der Waals surface area contributed by atoms with Gasteiger partial charge in [-0.1, -0.05) is 25.7 Å². The van der Waals surface area contributed by atoms with E-state index in [0.717, 1.165) is 19.4 Å². The molecule has 2 aliphatic rings. The molecule has 2 heteroatoms. The predicted molar refractivity (Wildman–Crippen MR) is 61.8 cm³/mol. The number of piperidine rings is 1. The minimum absolute atomic E-state index is 0.194. The summed E-state index contributed by atoms with van der Waals surface area (Å²) in [5.41, 5.74) is -0.194. The zero-order valence-corrected chi connectivity index (χ0v) is 9.85. The summed E-state index contributed by atoms with van der Waals surface area (Å²) < 4.78 is 0. The maximum Gasteiger partial charge on any atom is 0.152 e. The molecule has 1 N–H and O–H groups in total. The van der Waals surface area contributed by atoms with Gasteiger partial charge in [-0.2, -0.15) is 0 Å². The van der Waals surface area contributed by atoms with Crippen molar-refractivity contribution < 1.29 is 4.79 Å². The molecule has 86 valence electrons. The van der Waals surface area contributed by atoms with Gasteiger partial charge in [-0.15, -0.1) is 0 Å². The van der Waals surface area contributed by atoms with E-state index in [1.54, 1.807) is 0 Å². The molecule has 2 fully saturated rings. The van der Waals surface area contributed by atoms with Gasteiger partial charge in [0.25, 0.3) is 0 Å². The molecule has 0 amide bonds. The summed E-state index contributed by atoms with van der Waals surface area (Å²) in [4.78, 5) is 12.2. The first-order valence-corrected chi connectivity index (χ1v) is 6.49. The Kier molecular flexibility index (Phi) is 3.45. The molecule has 0 aromatic rings. The summed E-state index contributed by atoms with van der Waals surface area (Å²) >= 11 is 0. The highest BCUT2D eigenvalue weighted by Gasteiger charge is 2.35. The number of ketones is 1. The summed E-state index contributed by atoms with van der Waals surface area (Å²) in [7, 11) is 0. The van der Waals surface area contributed by atoms with Gasteiger partial charge in [-0.3, -0.25) is 4.79 Å². The van der Waals surface area contributed by atoms with Crippen LogP contribution in [0.15, 0.2) is 0 Å². The smallest absolute Gasteiger partial charge is 0.152 e. The number of Topliss-reactive ketones (excluding diaryl/α,β-unsaturated/α-hetero) is 1. The highest BCUT2D eigenvalue weighted by Crippen LogP contribution is 2.31. The second-order valence-corrected chi connectivity index (χ2v) is 5.49. The molecular weight excluding hydrogens is 186 g/mol. The largest absolute Gasteiger partial charge is 0.305 e. The van der Waals surface area contributed by atoms with Crippen molar-refractivity contribution in [2.75, 3.05) is 6.54 Å². The lowest BCUT2D eigenvalue weighted by atomic mass is 9.82. The number of carbonyl (C=O) groups excluding carboxylic acids is 1. The van der Waals surface area contributed by atoms with Crippen LogP contribution in [0.1, 0.15) is 58.3 Å². The molecule has 1 saturated heterocycles. The van der Waals surface area contributed by atoms with E-state index in [-0.39, 0.29) is 5.54 Å². The summed E-state index contributed by atoms with van der Waals surface area (Å²) in [6, 6.07) is 0. The lowest BCUT2D eigenvalue weighted by Crippen LogP contribution is -2.52. The molecular formula is C13H23NO. The standard InChI is InChI=1S/C13H23NO/c1-13(8-4-5-9-14-13)12(15)10-11-6-2-3-7-11/h11,14H,2-10H2,1H3. The molecule has 15 heavy (non-hydrogen) atoms. The van der Waals surface area contributed by atoms with Crippen LogP contribution < -0.4 is 5.32 Å². The quantitative estimate of drug-likeness (QED) is 0.774. The minimum Gasteiger partial charge on any atom is -0.305 e. The maximum atomic E-state index is 12.2. The van der Waals surface area contributed by atoms with Crippen molar-refractivity contribution in [3.8, 4) is 0 Å². The van der Waals surface area contributed by atoms with E-state index in [2.05, 4.69) is 12.2 Å². The number of nitrogens with one attached hydrogen (secondary N) is 1. The van der Waals surface area contributed by atoms with Crippen LogP contribution in [-0.2, 0) is 4.79 Å². The second kappa shape index (κ2) is 4.65. The first-order valence-electron chi connectivity index (χ1n) is 6.49. The zero-order valence-electron chi connectivity index (χ0n) is 9.85. The lowest BCUT2D eigenvalue weighted by molar-refractivity contribution is -0.126. The highest BCUT2D eigenvalue weighted by molar-refractivity contribution is 5.88. The lowest BCUT2D eigenvalue weighted by Gasteiger charge is -2.34. The van der Waals surface area contributed by atoms with Crippen molar-refractivity contribution in [1.82, 2.24) is 5.32 Å². The van der Waals surface area contributed by atoms with Gasteiger partial charge in [-0.25, -0.2) is 0 Å². The van der Waals surface area contributed by atoms with Gasteiger partial charge in [0.1, 0.15) is 0 Å². The van der Waals surface area contributed by atoms with Crippen LogP contribution in [0.2, 0.25) is 0 Å². The fourth-order valence-electron chi connectivity index (χ4n) is 3.00. The average Bonchev–Trinajstić information content (AvgIpc) is 2.71. The van der Waals surface area contributed by atoms with Crippen LogP contribution in [0.3, 0.4) is 0 Å². The second-order valence-electron chi connectivity index (χ2n) is 5.49. The van der Waals surface area contributed by atoms with E-state index in [1.807, 2.05) is 0 Å². The number of rotatable bonds is 3. The van der Waals surface area contributed by atoms with E-state index in [9.17, 15) is 4.79 Å². The summed E-state index contributed by atoms with van der Waals surface area (Å²) in [5, 5.41) is 3.42. The Morgan fingerprint density at radius 1 is 1.27 bits per heavy atom. The van der Waals surface area contributed by atoms with Crippen LogP contribution in [-0.4, -0.2) is 17.9 Å². The van der Waals surface area contributed by atoms with E-state index >= 15 is 0 Å². The topological polar surface area (TPSA) is 29.1 Å². The third kappa shape index (κ3) is 2.60. The minimum atomic E-state index is -0.194. The Morgan fingerprint density at radius 3 is 2.60 bits per heavy atom. The monoisotopic (exact) mass is 209 g/mol. The van der Waals surface area contributed by atoms with Gasteiger partial charge in [0.15, 0.2) is 5.78 Å². The van der Waals surface area contributed by atoms with Crippen LogP contribution in [0, 0.1) is 5.92 Å². The average molecular weight is 209 g/mol. The molecule has 1 aliphatic heterocycles. The van der Waals surface area contributed by atoms with E-state index in [1.165, 1.54) is 38.5 Å². The third-order valence-corrected chi connectivity index (χ3v) is 4.18. The Hall–Kier alpha value is -0.370. The van der Waals surface area contributed by atoms with E-state index in [4.69, 9.17) is 0 Å². The molecule has 1 atom stereocenters. The van der Waals surface area contributed by atoms with Gasteiger partial charge in [-0.05, 0) is 38.6 Å². The van der Waals surface area contributed by atoms with Gasteiger partial charge < -0.3 is 5.32 Å². The van der Waals surface area contributed by atoms with Crippen molar-refractivity contribution in [2.24, 2.45) is 5.92 Å². The summed E-state index contributed by atoms with van der Waals surface area (Å²) in [6.45, 7) is 3.12. The molecule has 1 aliphatic carbocycles. The molecule has 2 rings (SSSR count). The third-order valence-electron chi connectivity index (χ3n) is 4.18. The van der Waals surface area contributed by atoms with Crippen molar-refractivity contribution in [2.45, 2.75) is 63.8 Å². The number of hydrogen-bond donors (Lipinski definition) is 1. The van der Waals surface area contributed by atoms with Gasteiger partial charge in [0.05, 0.1) is 5.54 Å². The summed E-state index contributed by atoms with van der Waals surface area (Å²) in [6.07, 6.45) is 9.53. The molecule has 0 aromatic carbocycles. The predicted octanol–water partition coefficient (Wildman–Crippen LogP) is 2.67. The maximum absolute atomic E-state index is 12.2. The Labute approximate surface area is 92.8 Å². The van der Waals surface area contributed by atoms with Crippen molar-refractivity contribution in [1.29, 1.82) is 0 Å². The number of hydrogen-bond acceptors (Lipinski definition) is 2. The van der Waals surface area contributed by atoms with Gasteiger partial charge in [0, 0.05) is 6.42 Å². The first kappa shape index (κ1) is 11.1. The fourth-order valence-corrected chi connectivity index (χ4v) is 3.00. The van der Waals surface area contributed by atoms with Gasteiger partial charge in [0.2, 0.25) is 0 Å². The molecule has 2 nitrogen and oxygen atoms in total. The van der Waals surface area contributed by atoms with Crippen LogP contribution >= 0.6 is 0 Å². The molecule has 0 spiro atoms. The van der Waals surface area contributed by atoms with Crippen molar-refractivity contribution in [3.63, 3.8) is 0 Å². The van der Waals surface area contributed by atoms with Gasteiger partial charge >= 0.3 is 0 Å². The molecule has 1 heterocycles. The normalized spacial score (nSPS) is 33.1. The molecule has 0 radical (unpaired) electrons. The van der Waals surface area contributed by atoms with E-state index in [0.29, 0.717) is 11.7 Å². The number of carbonyl (C=O) groups is 1. The van der Waals surface area contributed by atoms with E-state index < -0.39 is 0 Å². The Bertz CT molecular complexity index is 225. The fraction of sp³-hybridized carbons (Fsp3) is 0.923.